The number of aliphatic hydroxyl groups excluding tert-OH is 1. The smallest absolute Gasteiger partial charge is 0.240 e. The molecular formula is C41H50N8O5. The summed E-state index contributed by atoms with van der Waals surface area (Å²) in [5.41, 5.74) is 7.31. The number of ether oxygens (including phenoxy) is 3. The first-order chi connectivity index (χ1) is 26.4. The molecule has 0 bridgehead atoms. The van der Waals surface area contributed by atoms with E-state index in [-0.39, 0.29) is 30.1 Å². The fraction of sp³-hybridized carbons (Fsp3) is 0.488. The van der Waals surface area contributed by atoms with Crippen LogP contribution in [-0.4, -0.2) is 86.3 Å². The van der Waals surface area contributed by atoms with Crippen molar-refractivity contribution in [3.63, 3.8) is 0 Å². The molecule has 9 rings (SSSR count). The lowest BCUT2D eigenvalue weighted by Gasteiger charge is -2.37. The molecule has 5 atom stereocenters. The molecule has 54 heavy (non-hydrogen) atoms. The van der Waals surface area contributed by atoms with Crippen LogP contribution in [0.1, 0.15) is 82.3 Å². The predicted molar refractivity (Wildman–Crippen MR) is 204 cm³/mol. The largest absolute Gasteiger partial charge is 0.469 e. The third-order valence-electron chi connectivity index (χ3n) is 11.8. The van der Waals surface area contributed by atoms with Gasteiger partial charge < -0.3 is 44.1 Å². The van der Waals surface area contributed by atoms with E-state index in [0.29, 0.717) is 12.5 Å². The normalized spacial score (nSPS) is 22.8. The summed E-state index contributed by atoms with van der Waals surface area (Å²) in [6.07, 6.45) is 8.27. The Morgan fingerprint density at radius 2 is 1.72 bits per heavy atom. The van der Waals surface area contributed by atoms with E-state index in [0.717, 1.165) is 114 Å². The molecule has 13 nitrogen and oxygen atoms in total. The molecule has 5 aromatic rings. The number of benzene rings is 2. The van der Waals surface area contributed by atoms with E-state index in [2.05, 4.69) is 67.6 Å². The van der Waals surface area contributed by atoms with Crippen LogP contribution in [0.5, 0.6) is 5.75 Å². The molecule has 0 spiro atoms. The zero-order valence-corrected chi connectivity index (χ0v) is 31.2. The molecule has 3 aromatic heterocycles. The van der Waals surface area contributed by atoms with E-state index in [1.54, 1.807) is 0 Å². The van der Waals surface area contributed by atoms with E-state index in [1.165, 1.54) is 13.5 Å². The summed E-state index contributed by atoms with van der Waals surface area (Å²) < 4.78 is 20.1. The molecule has 3 saturated heterocycles. The van der Waals surface area contributed by atoms with Gasteiger partial charge in [0.1, 0.15) is 17.4 Å². The van der Waals surface area contributed by atoms with Crippen molar-refractivity contribution in [2.24, 2.45) is 11.8 Å². The van der Waals surface area contributed by atoms with Crippen molar-refractivity contribution in [1.82, 2.24) is 40.0 Å². The van der Waals surface area contributed by atoms with Crippen molar-refractivity contribution in [3.8, 4) is 39.5 Å². The number of rotatable bonds is 10. The van der Waals surface area contributed by atoms with E-state index >= 15 is 0 Å². The summed E-state index contributed by atoms with van der Waals surface area (Å²) in [5.74, 6) is 2.86. The monoisotopic (exact) mass is 734 g/mol. The second kappa shape index (κ2) is 14.6. The number of hydrogen-bond donors (Lipinski definition) is 5. The Balaban J connectivity index is 1.02. The first-order valence-electron chi connectivity index (χ1n) is 19.5. The lowest BCUT2D eigenvalue weighted by molar-refractivity contribution is -0.145. The Labute approximate surface area is 314 Å². The van der Waals surface area contributed by atoms with Crippen molar-refractivity contribution >= 4 is 16.8 Å². The minimum Gasteiger partial charge on any atom is -0.469 e. The molecule has 0 radical (unpaired) electrons. The van der Waals surface area contributed by atoms with Gasteiger partial charge in [0.25, 0.3) is 0 Å². The maximum absolute atomic E-state index is 13.7. The molecule has 284 valence electrons. The predicted octanol–water partition coefficient (Wildman–Crippen LogP) is 6.03. The number of carbonyl (C=O) groups is 1. The molecule has 4 aliphatic heterocycles. The van der Waals surface area contributed by atoms with E-state index in [4.69, 9.17) is 24.2 Å². The fourth-order valence-corrected chi connectivity index (χ4v) is 8.87. The van der Waals surface area contributed by atoms with Crippen LogP contribution in [-0.2, 0) is 14.3 Å². The Kier molecular flexibility index (Phi) is 9.52. The highest BCUT2D eigenvalue weighted by Crippen LogP contribution is 2.47. The van der Waals surface area contributed by atoms with Crippen LogP contribution < -0.4 is 15.4 Å². The number of H-pyrrole nitrogens is 2. The number of hydrogen-bond acceptors (Lipinski definition) is 9. The molecular weight excluding hydrogens is 685 g/mol. The molecule has 0 aliphatic carbocycles. The molecule has 3 fully saturated rings. The average molecular weight is 735 g/mol. The second-order valence-corrected chi connectivity index (χ2v) is 15.5. The summed E-state index contributed by atoms with van der Waals surface area (Å²) in [5, 5.41) is 17.7. The first kappa shape index (κ1) is 35.2. The number of amides is 1. The van der Waals surface area contributed by atoms with Crippen LogP contribution in [0.2, 0.25) is 0 Å². The minimum atomic E-state index is -1.22. The highest BCUT2D eigenvalue weighted by atomic mass is 16.6. The van der Waals surface area contributed by atoms with Gasteiger partial charge in [-0.15, -0.1) is 0 Å². The number of aromatic amines is 2. The summed E-state index contributed by atoms with van der Waals surface area (Å²) in [4.78, 5) is 32.3. The Bertz CT molecular complexity index is 2130. The van der Waals surface area contributed by atoms with Gasteiger partial charge in [0.05, 0.1) is 53.1 Å². The molecule has 1 amide bonds. The number of nitrogens with one attached hydrogen (secondary N) is 4. The zero-order valence-electron chi connectivity index (χ0n) is 31.2. The highest BCUT2D eigenvalue weighted by molar-refractivity contribution is 5.92. The van der Waals surface area contributed by atoms with Crippen LogP contribution in [0, 0.1) is 11.8 Å². The van der Waals surface area contributed by atoms with Crippen molar-refractivity contribution in [2.45, 2.75) is 83.1 Å². The maximum atomic E-state index is 13.7. The van der Waals surface area contributed by atoms with Crippen molar-refractivity contribution < 1.29 is 24.1 Å². The van der Waals surface area contributed by atoms with Crippen LogP contribution in [0.3, 0.4) is 0 Å². The minimum absolute atomic E-state index is 0.0373. The lowest BCUT2D eigenvalue weighted by Crippen LogP contribution is -2.52. The number of aromatic nitrogens is 5. The summed E-state index contributed by atoms with van der Waals surface area (Å²) in [7, 11) is 1.41. The molecule has 3 unspecified atom stereocenters. The second-order valence-electron chi connectivity index (χ2n) is 15.5. The molecule has 0 saturated carbocycles. The SMILES string of the molecule is COC(O)N[C@H](C(=O)N1CCC[C@H]1c1ncc(-c2ccc3c(c2)cc2n3C(C3CCOCC3)Oc3cc(-c4cnc(C5CCCN5)[nH]4)ccc3-2)[nH]1)C(C)C. The van der Waals surface area contributed by atoms with Gasteiger partial charge in [-0.05, 0) is 81.3 Å². The van der Waals surface area contributed by atoms with Crippen molar-refractivity contribution in [3.05, 3.63) is 66.5 Å². The van der Waals surface area contributed by atoms with Gasteiger partial charge in [0.2, 0.25) is 12.3 Å². The topological polar surface area (TPSA) is 155 Å². The van der Waals surface area contributed by atoms with Gasteiger partial charge in [-0.25, -0.2) is 9.97 Å². The molecule has 5 N–H and O–H groups in total. The molecule has 7 heterocycles. The van der Waals surface area contributed by atoms with E-state index < -0.39 is 12.5 Å². The Hall–Kier alpha value is -4.53. The number of methoxy groups -OCH3 is 1. The van der Waals surface area contributed by atoms with Crippen LogP contribution in [0.15, 0.2) is 54.9 Å². The van der Waals surface area contributed by atoms with Gasteiger partial charge in [-0.3, -0.25) is 10.1 Å². The van der Waals surface area contributed by atoms with Gasteiger partial charge >= 0.3 is 0 Å². The molecule has 2 aromatic carbocycles. The van der Waals surface area contributed by atoms with E-state index in [1.807, 2.05) is 31.1 Å². The number of aliphatic hydroxyl groups is 1. The number of fused-ring (bicyclic) bond motifs is 5. The zero-order chi connectivity index (χ0) is 36.9. The fourth-order valence-electron chi connectivity index (χ4n) is 8.87. The van der Waals surface area contributed by atoms with E-state index in [9.17, 15) is 9.90 Å². The van der Waals surface area contributed by atoms with Gasteiger partial charge in [-0.1, -0.05) is 26.0 Å². The number of carbonyl (C=O) groups excluding carboxylic acids is 1. The van der Waals surface area contributed by atoms with Gasteiger partial charge in [-0.2, -0.15) is 0 Å². The van der Waals surface area contributed by atoms with Crippen LogP contribution >= 0.6 is 0 Å². The summed E-state index contributed by atoms with van der Waals surface area (Å²) in [6, 6.07) is 14.9. The number of imidazole rings is 2. The highest BCUT2D eigenvalue weighted by Gasteiger charge is 2.38. The summed E-state index contributed by atoms with van der Waals surface area (Å²) >= 11 is 0. The Morgan fingerprint density at radius 3 is 2.48 bits per heavy atom. The van der Waals surface area contributed by atoms with Crippen LogP contribution in [0.4, 0.5) is 0 Å². The average Bonchev–Trinajstić information content (AvgIpc) is 4.04. The quantitative estimate of drug-likeness (QED) is 0.108. The van der Waals surface area contributed by atoms with Crippen molar-refractivity contribution in [1.29, 1.82) is 0 Å². The summed E-state index contributed by atoms with van der Waals surface area (Å²) in [6.45, 7) is 7.05. The lowest BCUT2D eigenvalue weighted by atomic mass is 9.96. The number of nitrogens with zero attached hydrogens (tertiary/aromatic N) is 4. The third kappa shape index (κ3) is 6.41. The number of likely N-dealkylation sites (tertiary alicyclic amines) is 1. The van der Waals surface area contributed by atoms with Gasteiger partial charge in [0, 0.05) is 54.9 Å². The van der Waals surface area contributed by atoms with Crippen LogP contribution in [0.25, 0.3) is 44.7 Å². The standard InChI is InChI=1S/C41H50N8O5/c1-23(2)36(47-41(51)52-3)39(50)48-15-5-7-33(48)38-44-22-30(46-38)25-9-11-32-27(18-25)19-34-28-10-8-26(31-21-43-37(45-31)29-6-4-14-42-29)20-35(28)54-40(49(32)34)24-12-16-53-17-13-24/h8-11,18-24,29,33,36,40-42,47,51H,4-7,12-17H2,1-3H3,(H,43,45)(H,44,46)/t29?,33-,36-,40?,41?/m0/s1. The molecule has 4 aliphatic rings. The Morgan fingerprint density at radius 1 is 0.963 bits per heavy atom. The third-order valence-corrected chi connectivity index (χ3v) is 11.8. The van der Waals surface area contributed by atoms with Crippen molar-refractivity contribution in [2.75, 3.05) is 33.4 Å². The first-order valence-corrected chi connectivity index (χ1v) is 19.5. The molecule has 13 heteroatoms. The van der Waals surface area contributed by atoms with Gasteiger partial charge in [0.15, 0.2) is 6.23 Å². The maximum Gasteiger partial charge on any atom is 0.240 e.